The molecule has 1 aliphatic heterocycles. The van der Waals surface area contributed by atoms with Gasteiger partial charge in [0.25, 0.3) is 0 Å². The van der Waals surface area contributed by atoms with Crippen molar-refractivity contribution in [2.45, 2.75) is 39.5 Å². The van der Waals surface area contributed by atoms with Crippen molar-refractivity contribution in [3.63, 3.8) is 0 Å². The van der Waals surface area contributed by atoms with Crippen LogP contribution in [-0.4, -0.2) is 30.3 Å². The van der Waals surface area contributed by atoms with Crippen LogP contribution in [0, 0.1) is 5.92 Å². The van der Waals surface area contributed by atoms with E-state index in [0.717, 1.165) is 31.0 Å². The van der Waals surface area contributed by atoms with Gasteiger partial charge in [-0.05, 0) is 37.3 Å². The molecule has 2 heteroatoms. The summed E-state index contributed by atoms with van der Waals surface area (Å²) in [6.07, 6.45) is 4.82. The number of Topliss-reactive ketones (excluding diaryl/α,β-unsaturated/α-hetero) is 1. The van der Waals surface area contributed by atoms with E-state index in [0.29, 0.717) is 6.54 Å². The van der Waals surface area contributed by atoms with Gasteiger partial charge in [0.2, 0.25) is 0 Å². The van der Waals surface area contributed by atoms with Crippen LogP contribution < -0.4 is 0 Å². The summed E-state index contributed by atoms with van der Waals surface area (Å²) >= 11 is 0. The van der Waals surface area contributed by atoms with E-state index in [4.69, 9.17) is 0 Å². The minimum atomic E-state index is 0.263. The van der Waals surface area contributed by atoms with Gasteiger partial charge in [0.1, 0.15) is 0 Å². The third kappa shape index (κ3) is 3.90. The Bertz CT molecular complexity index is 410. The smallest absolute Gasteiger partial charge is 0.176 e. The highest BCUT2D eigenvalue weighted by molar-refractivity contribution is 5.97. The molecular weight excluding hydrogens is 234 g/mol. The molecule has 1 aromatic carbocycles. The summed E-state index contributed by atoms with van der Waals surface area (Å²) in [6.45, 7) is 7.14. The fraction of sp³-hybridized carbons (Fsp3) is 0.588. The molecule has 0 aliphatic carbocycles. The predicted molar refractivity (Wildman–Crippen MR) is 79.6 cm³/mol. The lowest BCUT2D eigenvalue weighted by molar-refractivity contribution is 0.0884. The molecule has 2 rings (SSSR count). The van der Waals surface area contributed by atoms with E-state index in [1.54, 1.807) is 0 Å². The highest BCUT2D eigenvalue weighted by atomic mass is 16.1. The van der Waals surface area contributed by atoms with Gasteiger partial charge < -0.3 is 0 Å². The first-order valence-electron chi connectivity index (χ1n) is 7.57. The van der Waals surface area contributed by atoms with Gasteiger partial charge in [0, 0.05) is 12.1 Å². The molecule has 1 saturated heterocycles. The van der Waals surface area contributed by atoms with Crippen LogP contribution in [0.1, 0.15) is 49.0 Å². The number of likely N-dealkylation sites (tertiary alicyclic amines) is 1. The van der Waals surface area contributed by atoms with Crippen LogP contribution in [0.4, 0.5) is 0 Å². The summed E-state index contributed by atoms with van der Waals surface area (Å²) in [4.78, 5) is 14.6. The molecule has 104 valence electrons. The van der Waals surface area contributed by atoms with Crippen molar-refractivity contribution in [2.75, 3.05) is 19.6 Å². The van der Waals surface area contributed by atoms with Crippen molar-refractivity contribution in [1.82, 2.24) is 4.90 Å². The van der Waals surface area contributed by atoms with E-state index >= 15 is 0 Å². The molecule has 0 aromatic heterocycles. The lowest BCUT2D eigenvalue weighted by Gasteiger charge is -2.31. The number of carbonyl (C=O) groups excluding carboxylic acids is 1. The molecular formula is C17H25NO. The zero-order valence-electron chi connectivity index (χ0n) is 12.2. The summed E-state index contributed by atoms with van der Waals surface area (Å²) in [5, 5.41) is 0. The van der Waals surface area contributed by atoms with Crippen LogP contribution in [0.2, 0.25) is 0 Å². The number of piperidine rings is 1. The van der Waals surface area contributed by atoms with Gasteiger partial charge in [0.15, 0.2) is 5.78 Å². The van der Waals surface area contributed by atoms with Crippen LogP contribution in [0.3, 0.4) is 0 Å². The minimum Gasteiger partial charge on any atom is -0.296 e. The molecule has 0 spiro atoms. The van der Waals surface area contributed by atoms with E-state index in [9.17, 15) is 4.79 Å². The number of benzene rings is 1. The monoisotopic (exact) mass is 259 g/mol. The second-order valence-electron chi connectivity index (χ2n) is 5.63. The van der Waals surface area contributed by atoms with Crippen molar-refractivity contribution in [3.05, 3.63) is 35.4 Å². The van der Waals surface area contributed by atoms with Crippen LogP contribution in [0.5, 0.6) is 0 Å². The first-order chi connectivity index (χ1) is 9.22. The zero-order chi connectivity index (χ0) is 13.7. The molecule has 2 nitrogen and oxygen atoms in total. The number of hydrogen-bond acceptors (Lipinski definition) is 2. The fourth-order valence-corrected chi connectivity index (χ4v) is 2.85. The number of ketones is 1. The largest absolute Gasteiger partial charge is 0.296 e. The summed E-state index contributed by atoms with van der Waals surface area (Å²) in [6, 6.07) is 8.08. The quantitative estimate of drug-likeness (QED) is 0.754. The molecule has 1 atom stereocenters. The topological polar surface area (TPSA) is 20.3 Å². The Labute approximate surface area is 116 Å². The van der Waals surface area contributed by atoms with Gasteiger partial charge in [-0.1, -0.05) is 44.5 Å². The third-order valence-electron chi connectivity index (χ3n) is 4.23. The Morgan fingerprint density at radius 3 is 2.63 bits per heavy atom. The number of aryl methyl sites for hydroxylation is 1. The van der Waals surface area contributed by atoms with Crippen LogP contribution in [-0.2, 0) is 6.42 Å². The van der Waals surface area contributed by atoms with Crippen molar-refractivity contribution in [3.8, 4) is 0 Å². The molecule has 0 amide bonds. The molecule has 0 saturated carbocycles. The number of nitrogens with zero attached hydrogens (tertiary/aromatic N) is 1. The molecule has 0 radical (unpaired) electrons. The van der Waals surface area contributed by atoms with Gasteiger partial charge in [-0.15, -0.1) is 0 Å². The van der Waals surface area contributed by atoms with E-state index < -0.39 is 0 Å². The molecule has 1 unspecified atom stereocenters. The van der Waals surface area contributed by atoms with Gasteiger partial charge in [-0.3, -0.25) is 9.69 Å². The van der Waals surface area contributed by atoms with Gasteiger partial charge >= 0.3 is 0 Å². The Morgan fingerprint density at radius 2 is 2.00 bits per heavy atom. The summed E-state index contributed by atoms with van der Waals surface area (Å²) in [7, 11) is 0. The van der Waals surface area contributed by atoms with E-state index in [-0.39, 0.29) is 5.78 Å². The Balaban J connectivity index is 1.92. The molecule has 0 N–H and O–H groups in total. The predicted octanol–water partition coefficient (Wildman–Crippen LogP) is 3.55. The minimum absolute atomic E-state index is 0.263. The Hall–Kier alpha value is -1.15. The van der Waals surface area contributed by atoms with Crippen molar-refractivity contribution < 1.29 is 4.79 Å². The van der Waals surface area contributed by atoms with Crippen LogP contribution >= 0.6 is 0 Å². The first kappa shape index (κ1) is 14.3. The second-order valence-corrected chi connectivity index (χ2v) is 5.63. The van der Waals surface area contributed by atoms with Crippen molar-refractivity contribution in [1.29, 1.82) is 0 Å². The number of carbonyl (C=O) groups is 1. The molecule has 1 aromatic rings. The molecule has 1 fully saturated rings. The highest BCUT2D eigenvalue weighted by Crippen LogP contribution is 2.19. The molecule has 0 bridgehead atoms. The maximum absolute atomic E-state index is 12.3. The first-order valence-corrected chi connectivity index (χ1v) is 7.57. The van der Waals surface area contributed by atoms with E-state index in [1.807, 2.05) is 12.1 Å². The van der Waals surface area contributed by atoms with Gasteiger partial charge in [0.05, 0.1) is 6.54 Å². The Kier molecular flexibility index (Phi) is 5.15. The van der Waals surface area contributed by atoms with Crippen molar-refractivity contribution >= 4 is 5.78 Å². The van der Waals surface area contributed by atoms with Gasteiger partial charge in [-0.2, -0.15) is 0 Å². The third-order valence-corrected chi connectivity index (χ3v) is 4.23. The number of rotatable bonds is 5. The van der Waals surface area contributed by atoms with E-state index in [2.05, 4.69) is 30.9 Å². The maximum atomic E-state index is 12.3. The lowest BCUT2D eigenvalue weighted by Crippen LogP contribution is -2.38. The van der Waals surface area contributed by atoms with Crippen LogP contribution in [0.25, 0.3) is 0 Å². The fourth-order valence-electron chi connectivity index (χ4n) is 2.85. The van der Waals surface area contributed by atoms with Crippen LogP contribution in [0.15, 0.2) is 24.3 Å². The SMILES string of the molecule is CCc1ccc(C(=O)CN2CCCC(CC)C2)cc1. The molecule has 1 aliphatic rings. The average molecular weight is 259 g/mol. The lowest BCUT2D eigenvalue weighted by atomic mass is 9.95. The van der Waals surface area contributed by atoms with E-state index in [1.165, 1.54) is 24.8 Å². The average Bonchev–Trinajstić information content (AvgIpc) is 2.47. The van der Waals surface area contributed by atoms with Crippen molar-refractivity contribution in [2.24, 2.45) is 5.92 Å². The second kappa shape index (κ2) is 6.85. The zero-order valence-corrected chi connectivity index (χ0v) is 12.2. The number of hydrogen-bond donors (Lipinski definition) is 0. The highest BCUT2D eigenvalue weighted by Gasteiger charge is 2.20. The summed E-state index contributed by atoms with van der Waals surface area (Å²) in [5.41, 5.74) is 2.15. The van der Waals surface area contributed by atoms with Gasteiger partial charge in [-0.25, -0.2) is 0 Å². The molecule has 19 heavy (non-hydrogen) atoms. The maximum Gasteiger partial charge on any atom is 0.176 e. The normalized spacial score (nSPS) is 20.4. The standard InChI is InChI=1S/C17H25NO/c1-3-14-7-9-16(10-8-14)17(19)13-18-11-5-6-15(4-2)12-18/h7-10,15H,3-6,11-13H2,1-2H3. The molecule has 1 heterocycles. The Morgan fingerprint density at radius 1 is 1.26 bits per heavy atom. The summed E-state index contributed by atoms with van der Waals surface area (Å²) in [5.74, 6) is 1.04. The summed E-state index contributed by atoms with van der Waals surface area (Å²) < 4.78 is 0.